The minimum Gasteiger partial charge on any atom is -0.393 e. The number of hydrogen-bond donors (Lipinski definition) is 16. The number of nitrogens with zero attached hydrogens (tertiary/aromatic N) is 3. The largest absolute Gasteiger partial charge is 0.393 e. The Balaban J connectivity index is 0.000000190. The Bertz CT molecular complexity index is 4550. The number of benzene rings is 3. The van der Waals surface area contributed by atoms with E-state index in [-0.39, 0.29) is 117 Å². The molecule has 28 nitrogen and oxygen atoms in total. The molecule has 3 aromatic heterocycles. The Morgan fingerprint density at radius 1 is 0.455 bits per heavy atom. The molecule has 0 spiro atoms. The first-order chi connectivity index (χ1) is 52.3. The van der Waals surface area contributed by atoms with Crippen molar-refractivity contribution in [1.82, 2.24) is 50.9 Å². The lowest BCUT2D eigenvalue weighted by atomic mass is 10.0. The van der Waals surface area contributed by atoms with Crippen molar-refractivity contribution < 1.29 is 87.0 Å². The summed E-state index contributed by atoms with van der Waals surface area (Å²) in [7, 11) is 1.99. The Morgan fingerprint density at radius 2 is 0.800 bits per heavy atom. The van der Waals surface area contributed by atoms with Crippen LogP contribution in [-0.4, -0.2) is 223 Å². The first kappa shape index (κ1) is 83.5. The van der Waals surface area contributed by atoms with Crippen molar-refractivity contribution in [3.63, 3.8) is 0 Å². The van der Waals surface area contributed by atoms with Gasteiger partial charge in [0.1, 0.15) is 17.5 Å². The normalized spacial score (nSPS) is 17.3. The number of aromatic amines is 3. The number of piperazine rings is 1. The van der Waals surface area contributed by atoms with Crippen molar-refractivity contribution in [2.24, 2.45) is 0 Å². The average Bonchev–Trinajstić information content (AvgIpc) is 1.65. The number of H-pyrrole nitrogens is 3. The van der Waals surface area contributed by atoms with Crippen LogP contribution in [0, 0.1) is 59.0 Å². The molecular formula is C79H98F3N13O15. The highest BCUT2D eigenvalue weighted by molar-refractivity contribution is 6.36. The van der Waals surface area contributed by atoms with Gasteiger partial charge in [-0.05, 0) is 177 Å². The molecule has 0 unspecified atom stereocenters. The number of anilines is 3. The fourth-order valence-electron chi connectivity index (χ4n) is 14.0. The maximum absolute atomic E-state index is 13.8. The molecular weight excluding hydrogens is 1430 g/mol. The number of rotatable bonds is 26. The number of amides is 9. The van der Waals surface area contributed by atoms with Gasteiger partial charge in [-0.1, -0.05) is 0 Å². The highest BCUT2D eigenvalue weighted by Crippen LogP contribution is 2.38. The molecule has 6 atom stereocenters. The fraction of sp³-hybridized carbons (Fsp3) is 0.430. The molecule has 110 heavy (non-hydrogen) atoms. The van der Waals surface area contributed by atoms with Crippen LogP contribution < -0.4 is 37.2 Å². The summed E-state index contributed by atoms with van der Waals surface area (Å²) in [6.07, 6.45) is 1.80. The first-order valence-electron chi connectivity index (χ1n) is 36.8. The number of halogens is 3. The highest BCUT2D eigenvalue weighted by atomic mass is 19.1. The van der Waals surface area contributed by atoms with Crippen LogP contribution >= 0.6 is 0 Å². The molecule has 0 bridgehead atoms. The Kier molecular flexibility index (Phi) is 28.6. The molecule has 3 aromatic carbocycles. The lowest BCUT2D eigenvalue weighted by Gasteiger charge is -2.33. The molecule has 590 valence electrons. The van der Waals surface area contributed by atoms with Crippen LogP contribution in [0.4, 0.5) is 30.2 Å². The Labute approximate surface area is 634 Å². The van der Waals surface area contributed by atoms with Gasteiger partial charge in [-0.3, -0.25) is 43.2 Å². The van der Waals surface area contributed by atoms with Gasteiger partial charge in [0.25, 0.3) is 35.4 Å². The van der Waals surface area contributed by atoms with Crippen molar-refractivity contribution in [1.29, 1.82) is 0 Å². The van der Waals surface area contributed by atoms with Gasteiger partial charge in [0.2, 0.25) is 17.7 Å². The molecule has 11 rings (SSSR count). The molecule has 6 aromatic rings. The third-order valence-electron chi connectivity index (χ3n) is 19.8. The Hall–Kier alpha value is -10.5. The number of aromatic nitrogens is 3. The smallest absolute Gasteiger partial charge is 0.256 e. The number of aliphatic hydroxyl groups excluding tert-OH is 6. The number of carbonyl (C=O) groups excluding carboxylic acids is 9. The van der Waals surface area contributed by atoms with Crippen LogP contribution in [-0.2, 0) is 28.8 Å². The third kappa shape index (κ3) is 21.5. The summed E-state index contributed by atoms with van der Waals surface area (Å²) in [6.45, 7) is 16.8. The molecule has 2 fully saturated rings. The molecule has 16 N–H and O–H groups in total. The van der Waals surface area contributed by atoms with Crippen LogP contribution in [0.2, 0.25) is 0 Å². The van der Waals surface area contributed by atoms with Gasteiger partial charge >= 0.3 is 0 Å². The number of fused-ring (bicyclic) bond motifs is 3. The maximum Gasteiger partial charge on any atom is 0.256 e. The monoisotopic (exact) mass is 1530 g/mol. The average molecular weight is 1530 g/mol. The van der Waals surface area contributed by atoms with E-state index in [2.05, 4.69) is 57.1 Å². The third-order valence-corrected chi connectivity index (χ3v) is 19.8. The predicted molar refractivity (Wildman–Crippen MR) is 408 cm³/mol. The van der Waals surface area contributed by atoms with Crippen LogP contribution in [0.25, 0.3) is 34.9 Å². The maximum atomic E-state index is 13.8. The van der Waals surface area contributed by atoms with Crippen LogP contribution in [0.15, 0.2) is 54.6 Å². The molecule has 0 saturated carbocycles. The van der Waals surface area contributed by atoms with Gasteiger partial charge in [0, 0.05) is 146 Å². The fourth-order valence-corrected chi connectivity index (χ4v) is 14.0. The zero-order valence-corrected chi connectivity index (χ0v) is 62.9. The minimum atomic E-state index is -1.04. The molecule has 0 radical (unpaired) electrons. The van der Waals surface area contributed by atoms with E-state index in [0.29, 0.717) is 140 Å². The predicted octanol–water partition coefficient (Wildman–Crippen LogP) is 5.80. The van der Waals surface area contributed by atoms with Gasteiger partial charge in [0.05, 0.1) is 89.3 Å². The van der Waals surface area contributed by atoms with Crippen molar-refractivity contribution >= 4 is 105 Å². The molecule has 5 aliphatic rings. The quantitative estimate of drug-likeness (QED) is 0.0285. The second-order valence-corrected chi connectivity index (χ2v) is 28.4. The summed E-state index contributed by atoms with van der Waals surface area (Å²) in [6, 6.07) is 12.2. The van der Waals surface area contributed by atoms with E-state index in [1.807, 2.05) is 7.05 Å². The van der Waals surface area contributed by atoms with E-state index in [1.165, 1.54) is 54.6 Å². The van der Waals surface area contributed by atoms with E-state index >= 15 is 0 Å². The van der Waals surface area contributed by atoms with E-state index in [9.17, 15) is 87.0 Å². The minimum absolute atomic E-state index is 0.0249. The van der Waals surface area contributed by atoms with Gasteiger partial charge in [-0.25, -0.2) is 13.2 Å². The molecule has 5 aliphatic heterocycles. The van der Waals surface area contributed by atoms with Crippen molar-refractivity contribution in [3.05, 3.63) is 156 Å². The highest BCUT2D eigenvalue weighted by Gasteiger charge is 2.32. The summed E-state index contributed by atoms with van der Waals surface area (Å²) in [5, 5.41) is 80.1. The molecule has 0 aliphatic carbocycles. The van der Waals surface area contributed by atoms with E-state index < -0.39 is 65.9 Å². The summed E-state index contributed by atoms with van der Waals surface area (Å²) in [4.78, 5) is 127. The van der Waals surface area contributed by atoms with E-state index in [1.54, 1.807) is 76.5 Å². The number of aliphatic hydroxyl groups is 6. The summed E-state index contributed by atoms with van der Waals surface area (Å²) in [5.74, 6) is -4.20. The number of hydrogen-bond acceptors (Lipinski definition) is 16. The van der Waals surface area contributed by atoms with E-state index in [4.69, 9.17) is 0 Å². The number of aryl methyl sites for hydroxylation is 3. The lowest BCUT2D eigenvalue weighted by molar-refractivity contribution is -0.135. The number of carbonyl (C=O) groups is 9. The number of nitrogens with one attached hydrogen (secondary N) is 10. The zero-order chi connectivity index (χ0) is 79.9. The van der Waals surface area contributed by atoms with Crippen molar-refractivity contribution in [3.8, 4) is 0 Å². The van der Waals surface area contributed by atoms with Crippen LogP contribution in [0.1, 0.15) is 170 Å². The number of likely N-dealkylation sites (N-methyl/N-ethyl adjacent to an activating group) is 1. The summed E-state index contributed by atoms with van der Waals surface area (Å²) < 4.78 is 41.2. The van der Waals surface area contributed by atoms with Gasteiger partial charge in [-0.2, -0.15) is 0 Å². The molecule has 8 heterocycles. The Morgan fingerprint density at radius 3 is 1.17 bits per heavy atom. The van der Waals surface area contributed by atoms with Crippen LogP contribution in [0.5, 0.6) is 0 Å². The van der Waals surface area contributed by atoms with Gasteiger partial charge in [0.15, 0.2) is 0 Å². The van der Waals surface area contributed by atoms with Crippen molar-refractivity contribution in [2.75, 3.05) is 88.4 Å². The van der Waals surface area contributed by atoms with E-state index in [0.717, 1.165) is 32.4 Å². The topological polar surface area (TPSA) is 416 Å². The molecule has 31 heteroatoms. The lowest BCUT2D eigenvalue weighted by Crippen LogP contribution is -2.48. The van der Waals surface area contributed by atoms with Gasteiger partial charge < -0.3 is 97.5 Å². The summed E-state index contributed by atoms with van der Waals surface area (Å²) in [5.41, 5.74) is 10.1. The SMILES string of the molecule is CCNC(=O)C[C@H](O)C[C@H](O)CCNC(=O)c1c(C)[nH]c(/C=C2\C(=O)Nc3ccc(F)cc32)c1C.Cc1[nH]c(/C=C2\C(=O)Nc3ccc(F)cc32)c(C)c1C(=O)NC[C@@H](O)C[C@@H](O)CC(=O)N1CCCCC1.Cc1[nH]c(/C=C2\C(=O)Nc3ccc(F)cc32)c(C)c1C(=O)NC[C@@H](O)C[C@@H](O)CC(=O)N1CCN(C)CC1. The van der Waals surface area contributed by atoms with Crippen molar-refractivity contribution in [2.45, 2.75) is 149 Å². The number of piperidine rings is 1. The number of likely N-dealkylation sites (tertiary alicyclic amines) is 1. The zero-order valence-electron chi connectivity index (χ0n) is 62.9. The second kappa shape index (κ2) is 37.7. The first-order valence-corrected chi connectivity index (χ1v) is 36.8. The second-order valence-electron chi connectivity index (χ2n) is 28.4. The summed E-state index contributed by atoms with van der Waals surface area (Å²) >= 11 is 0. The van der Waals surface area contributed by atoms with Crippen LogP contribution in [0.3, 0.4) is 0 Å². The molecule has 9 amide bonds. The standard InChI is InChI=1S/C27H34FN5O5.C27H33FN4O5.C25H31FN4O5/c1-15-23(13-21-20-10-17(28)4-5-22(20)31-26(21)37)30-16(2)25(15)27(38)29-14-19(35)11-18(34)12-24(36)33-8-6-32(3)7-9-33;1-15-23(13-21-20-10-17(28)6-7-22(20)31-26(21)36)30-16(2)25(15)27(37)29-14-19(34)11-18(33)12-24(35)32-8-4-3-5-9-32;1-4-27-22(33)11-17(32)10-16(31)7-8-28-25(35)23-13(2)21(29-14(23)3)12-19-18-9-15(26)5-6-20(18)30-24(19)34/h4-5,10,13,18-19,30,34-35H,6-9,11-12,14H2,1-3H3,(H,29,38)(H,31,37);6-7,10,13,18-19,30,33-34H,3-5,8-9,11-12,14H2,1-2H3,(H,29,37)(H,31,36);5-6,9,12,16-17,29,31-32H,4,7-8,10-11H2,1-3H3,(H,27,33)(H,28,35)(H,30,34)/b2*21-13-;19-12-/t2*18-,19+;16-,17-/m111/s1. The van der Waals surface area contributed by atoms with Gasteiger partial charge in [-0.15, -0.1) is 0 Å². The molecule has 2 saturated heterocycles.